The molecule has 0 spiro atoms. The topological polar surface area (TPSA) is 49.4 Å². The maximum Gasteiger partial charge on any atom is 0.233 e. The first-order valence-electron chi connectivity index (χ1n) is 7.94. The van der Waals surface area contributed by atoms with E-state index in [-0.39, 0.29) is 18.2 Å². The number of hydrogen-bond donors (Lipinski definition) is 1. The highest BCUT2D eigenvalue weighted by molar-refractivity contribution is 6.31. The summed E-state index contributed by atoms with van der Waals surface area (Å²) in [7, 11) is 0. The fourth-order valence-corrected chi connectivity index (χ4v) is 3.07. The summed E-state index contributed by atoms with van der Waals surface area (Å²) in [6, 6.07) is 13.4. The van der Waals surface area contributed by atoms with Crippen molar-refractivity contribution in [2.75, 3.05) is 11.9 Å². The fraction of sp³-hybridized carbons (Fsp3) is 0.263. The van der Waals surface area contributed by atoms with Crippen molar-refractivity contribution in [1.82, 2.24) is 4.90 Å². The first kappa shape index (κ1) is 16.5. The second-order valence-electron chi connectivity index (χ2n) is 5.97. The molecule has 2 aromatic carbocycles. The molecule has 0 saturated heterocycles. The van der Waals surface area contributed by atoms with E-state index < -0.39 is 0 Å². The Hall–Kier alpha value is -2.33. The number of benzene rings is 2. The number of carbonyl (C=O) groups is 2. The standard InChI is InChI=1S/C19H19ClN2O2/c1-13-16(20)7-4-8-17(13)21-18(23)11-19(24)22-10-9-14-5-2-3-6-15(14)12-22/h2-8H,9-12H2,1H3,(H,21,23). The molecule has 2 amide bonds. The van der Waals surface area contributed by atoms with Gasteiger partial charge in [0, 0.05) is 23.8 Å². The Morgan fingerprint density at radius 2 is 1.88 bits per heavy atom. The van der Waals surface area contributed by atoms with Crippen LogP contribution in [0.4, 0.5) is 5.69 Å². The molecule has 0 aliphatic carbocycles. The maximum absolute atomic E-state index is 12.4. The van der Waals surface area contributed by atoms with Gasteiger partial charge in [-0.25, -0.2) is 0 Å². The van der Waals surface area contributed by atoms with Crippen molar-refractivity contribution < 1.29 is 9.59 Å². The van der Waals surface area contributed by atoms with Gasteiger partial charge in [-0.3, -0.25) is 9.59 Å². The smallest absolute Gasteiger partial charge is 0.233 e. The third-order valence-electron chi connectivity index (χ3n) is 4.34. The summed E-state index contributed by atoms with van der Waals surface area (Å²) in [5.74, 6) is -0.467. The molecule has 5 heteroatoms. The van der Waals surface area contributed by atoms with Crippen molar-refractivity contribution in [3.63, 3.8) is 0 Å². The first-order chi connectivity index (χ1) is 11.5. The average Bonchev–Trinajstić information content (AvgIpc) is 2.58. The van der Waals surface area contributed by atoms with Crippen LogP contribution in [0.15, 0.2) is 42.5 Å². The Bertz CT molecular complexity index is 789. The van der Waals surface area contributed by atoms with Crippen molar-refractivity contribution in [2.45, 2.75) is 26.3 Å². The minimum absolute atomic E-state index is 0.151. The fourth-order valence-electron chi connectivity index (χ4n) is 2.90. The van der Waals surface area contributed by atoms with E-state index in [2.05, 4.69) is 11.4 Å². The van der Waals surface area contributed by atoms with Gasteiger partial charge in [0.25, 0.3) is 0 Å². The number of halogens is 1. The number of anilines is 1. The van der Waals surface area contributed by atoms with Gasteiger partial charge in [-0.1, -0.05) is 41.9 Å². The Labute approximate surface area is 146 Å². The summed E-state index contributed by atoms with van der Waals surface area (Å²) in [4.78, 5) is 26.3. The normalized spacial score (nSPS) is 13.3. The van der Waals surface area contributed by atoms with Gasteiger partial charge in [0.1, 0.15) is 6.42 Å². The van der Waals surface area contributed by atoms with Gasteiger partial charge < -0.3 is 10.2 Å². The van der Waals surface area contributed by atoms with Gasteiger partial charge in [0.05, 0.1) is 0 Å². The van der Waals surface area contributed by atoms with Crippen molar-refractivity contribution in [3.05, 3.63) is 64.2 Å². The lowest BCUT2D eigenvalue weighted by molar-refractivity contribution is -0.135. The van der Waals surface area contributed by atoms with Crippen molar-refractivity contribution in [1.29, 1.82) is 0 Å². The summed E-state index contributed by atoms with van der Waals surface area (Å²) in [5, 5.41) is 3.36. The largest absolute Gasteiger partial charge is 0.338 e. The molecule has 0 fully saturated rings. The second-order valence-corrected chi connectivity index (χ2v) is 6.38. The average molecular weight is 343 g/mol. The van der Waals surface area contributed by atoms with E-state index in [4.69, 9.17) is 11.6 Å². The molecule has 124 valence electrons. The molecule has 0 aromatic heterocycles. The zero-order valence-electron chi connectivity index (χ0n) is 13.5. The van der Waals surface area contributed by atoms with Crippen LogP contribution in [0, 0.1) is 6.92 Å². The van der Waals surface area contributed by atoms with Gasteiger partial charge >= 0.3 is 0 Å². The lowest BCUT2D eigenvalue weighted by Gasteiger charge is -2.28. The molecule has 1 N–H and O–H groups in total. The van der Waals surface area contributed by atoms with Gasteiger partial charge in [0.15, 0.2) is 0 Å². The van der Waals surface area contributed by atoms with Crippen LogP contribution in [-0.2, 0) is 22.6 Å². The van der Waals surface area contributed by atoms with Crippen LogP contribution in [-0.4, -0.2) is 23.3 Å². The summed E-state index contributed by atoms with van der Waals surface area (Å²) >= 11 is 6.05. The zero-order valence-corrected chi connectivity index (χ0v) is 14.3. The highest BCUT2D eigenvalue weighted by Gasteiger charge is 2.22. The first-order valence-corrected chi connectivity index (χ1v) is 8.32. The van der Waals surface area contributed by atoms with E-state index in [1.54, 1.807) is 23.1 Å². The molecule has 0 saturated carbocycles. The van der Waals surface area contributed by atoms with Crippen LogP contribution >= 0.6 is 11.6 Å². The van der Waals surface area contributed by atoms with Crippen LogP contribution < -0.4 is 5.32 Å². The highest BCUT2D eigenvalue weighted by atomic mass is 35.5. The predicted molar refractivity (Wildman–Crippen MR) is 95.0 cm³/mol. The molecule has 0 unspecified atom stereocenters. The molecule has 24 heavy (non-hydrogen) atoms. The number of fused-ring (bicyclic) bond motifs is 1. The van der Waals surface area contributed by atoms with Crippen LogP contribution in [0.5, 0.6) is 0 Å². The van der Waals surface area contributed by atoms with E-state index in [1.807, 2.05) is 25.1 Å². The van der Waals surface area contributed by atoms with Crippen LogP contribution in [0.3, 0.4) is 0 Å². The molecule has 2 aromatic rings. The van der Waals surface area contributed by atoms with Crippen molar-refractivity contribution in [3.8, 4) is 0 Å². The lowest BCUT2D eigenvalue weighted by Crippen LogP contribution is -2.37. The Morgan fingerprint density at radius 3 is 2.67 bits per heavy atom. The van der Waals surface area contributed by atoms with Crippen LogP contribution in [0.25, 0.3) is 0 Å². The maximum atomic E-state index is 12.4. The molecule has 0 atom stereocenters. The van der Waals surface area contributed by atoms with E-state index in [0.29, 0.717) is 23.8 Å². The van der Waals surface area contributed by atoms with Crippen molar-refractivity contribution >= 4 is 29.1 Å². The van der Waals surface area contributed by atoms with E-state index in [1.165, 1.54) is 5.56 Å². The van der Waals surface area contributed by atoms with E-state index in [9.17, 15) is 9.59 Å². The SMILES string of the molecule is Cc1c(Cl)cccc1NC(=O)CC(=O)N1CCc2ccccc2C1. The monoisotopic (exact) mass is 342 g/mol. The summed E-state index contributed by atoms with van der Waals surface area (Å²) in [6.45, 7) is 3.05. The van der Waals surface area contributed by atoms with E-state index in [0.717, 1.165) is 17.5 Å². The zero-order chi connectivity index (χ0) is 17.1. The molecule has 0 radical (unpaired) electrons. The van der Waals surface area contributed by atoms with Gasteiger partial charge in [0.2, 0.25) is 11.8 Å². The molecular weight excluding hydrogens is 324 g/mol. The number of rotatable bonds is 3. The molecular formula is C19H19ClN2O2. The molecule has 1 aliphatic rings. The second kappa shape index (κ2) is 7.05. The predicted octanol–water partition coefficient (Wildman–Crippen LogP) is 3.56. The van der Waals surface area contributed by atoms with Gasteiger partial charge in [-0.15, -0.1) is 0 Å². The molecule has 3 rings (SSSR count). The van der Waals surface area contributed by atoms with Gasteiger partial charge in [-0.2, -0.15) is 0 Å². The lowest BCUT2D eigenvalue weighted by atomic mass is 10.00. The summed E-state index contributed by atoms with van der Waals surface area (Å²) in [5.41, 5.74) is 3.87. The minimum Gasteiger partial charge on any atom is -0.338 e. The van der Waals surface area contributed by atoms with Gasteiger partial charge in [-0.05, 0) is 42.2 Å². The Kier molecular flexibility index (Phi) is 4.86. The third-order valence-corrected chi connectivity index (χ3v) is 4.75. The summed E-state index contributed by atoms with van der Waals surface area (Å²) < 4.78 is 0. The number of carbonyl (C=O) groups excluding carboxylic acids is 2. The summed E-state index contributed by atoms with van der Waals surface area (Å²) in [6.07, 6.45) is 0.672. The van der Waals surface area contributed by atoms with Crippen LogP contribution in [0.2, 0.25) is 5.02 Å². The molecule has 4 nitrogen and oxygen atoms in total. The Balaban J connectivity index is 1.61. The molecule has 1 heterocycles. The Morgan fingerprint density at radius 1 is 1.12 bits per heavy atom. The number of nitrogens with zero attached hydrogens (tertiary/aromatic N) is 1. The number of nitrogens with one attached hydrogen (secondary N) is 1. The minimum atomic E-state index is -0.316. The van der Waals surface area contributed by atoms with Crippen molar-refractivity contribution in [2.24, 2.45) is 0 Å². The quantitative estimate of drug-likeness (QED) is 0.867. The molecule has 1 aliphatic heterocycles. The van der Waals surface area contributed by atoms with E-state index >= 15 is 0 Å². The molecule has 0 bridgehead atoms. The third kappa shape index (κ3) is 3.60. The number of hydrogen-bond acceptors (Lipinski definition) is 2. The number of amides is 2. The highest BCUT2D eigenvalue weighted by Crippen LogP contribution is 2.23. The van der Waals surface area contributed by atoms with Crippen LogP contribution in [0.1, 0.15) is 23.1 Å².